The molecule has 0 saturated carbocycles. The molecule has 0 N–H and O–H groups in total. The Morgan fingerprint density at radius 1 is 1.38 bits per heavy atom. The van der Waals surface area contributed by atoms with E-state index in [9.17, 15) is 8.42 Å². The summed E-state index contributed by atoms with van der Waals surface area (Å²) in [4.78, 5) is 2.39. The third-order valence-corrected chi connectivity index (χ3v) is 6.32. The molecule has 1 aromatic heterocycles. The van der Waals surface area contributed by atoms with Crippen molar-refractivity contribution in [3.63, 3.8) is 0 Å². The Bertz CT molecular complexity index is 580. The van der Waals surface area contributed by atoms with Crippen molar-refractivity contribution < 1.29 is 17.6 Å². The summed E-state index contributed by atoms with van der Waals surface area (Å²) >= 11 is 0. The Balaban J connectivity index is 1.65. The van der Waals surface area contributed by atoms with Gasteiger partial charge in [0.25, 0.3) is 0 Å². The zero-order chi connectivity index (χ0) is 14.9. The van der Waals surface area contributed by atoms with Crippen LogP contribution in [0.25, 0.3) is 0 Å². The Kier molecular flexibility index (Phi) is 4.38. The molecule has 3 rings (SSSR count). The molecule has 6 heteroatoms. The maximum atomic E-state index is 11.6. The first-order valence-electron chi connectivity index (χ1n) is 7.59. The van der Waals surface area contributed by atoms with Gasteiger partial charge in [0, 0.05) is 13.7 Å². The summed E-state index contributed by atoms with van der Waals surface area (Å²) < 4.78 is 34.1. The van der Waals surface area contributed by atoms with Crippen LogP contribution in [0.5, 0.6) is 0 Å². The van der Waals surface area contributed by atoms with E-state index >= 15 is 0 Å². The summed E-state index contributed by atoms with van der Waals surface area (Å²) in [5.41, 5.74) is 0. The molecule has 2 atom stereocenters. The van der Waals surface area contributed by atoms with Gasteiger partial charge in [0.1, 0.15) is 18.1 Å². The van der Waals surface area contributed by atoms with Crippen molar-refractivity contribution in [3.05, 3.63) is 23.7 Å². The molecule has 0 aliphatic carbocycles. The molecule has 0 bridgehead atoms. The fraction of sp³-hybridized carbons (Fsp3) is 0.733. The summed E-state index contributed by atoms with van der Waals surface area (Å²) in [5, 5.41) is 0. The lowest BCUT2D eigenvalue weighted by Crippen LogP contribution is -2.29. The highest BCUT2D eigenvalue weighted by atomic mass is 32.2. The van der Waals surface area contributed by atoms with Crippen LogP contribution in [0.15, 0.2) is 16.5 Å². The van der Waals surface area contributed by atoms with Gasteiger partial charge in [-0.2, -0.15) is 0 Å². The molecule has 5 nitrogen and oxygen atoms in total. The van der Waals surface area contributed by atoms with Crippen LogP contribution in [0.4, 0.5) is 0 Å². The first-order valence-corrected chi connectivity index (χ1v) is 9.41. The lowest BCUT2D eigenvalue weighted by molar-refractivity contribution is 0.154. The van der Waals surface area contributed by atoms with Gasteiger partial charge >= 0.3 is 0 Å². The molecule has 2 fully saturated rings. The highest BCUT2D eigenvalue weighted by molar-refractivity contribution is 7.91. The summed E-state index contributed by atoms with van der Waals surface area (Å²) in [6.45, 7) is 2.39. The van der Waals surface area contributed by atoms with E-state index in [4.69, 9.17) is 9.15 Å². The largest absolute Gasteiger partial charge is 0.462 e. The van der Waals surface area contributed by atoms with Crippen molar-refractivity contribution in [2.45, 2.75) is 31.9 Å². The molecule has 0 unspecified atom stereocenters. The average Bonchev–Trinajstić information content (AvgIpc) is 3.11. The van der Waals surface area contributed by atoms with Crippen molar-refractivity contribution >= 4 is 9.84 Å². The van der Waals surface area contributed by atoms with E-state index in [1.165, 1.54) is 0 Å². The van der Waals surface area contributed by atoms with Crippen molar-refractivity contribution in [2.24, 2.45) is 5.92 Å². The van der Waals surface area contributed by atoms with Gasteiger partial charge in [-0.25, -0.2) is 8.42 Å². The van der Waals surface area contributed by atoms with Gasteiger partial charge in [0.2, 0.25) is 0 Å². The minimum atomic E-state index is -2.79. The van der Waals surface area contributed by atoms with E-state index in [1.54, 1.807) is 7.11 Å². The number of hydrogen-bond donors (Lipinski definition) is 0. The normalized spacial score (nSPS) is 29.2. The van der Waals surface area contributed by atoms with E-state index in [-0.39, 0.29) is 5.92 Å². The number of likely N-dealkylation sites (tertiary alicyclic amines) is 1. The lowest BCUT2D eigenvalue weighted by Gasteiger charge is -2.25. The Morgan fingerprint density at radius 3 is 2.95 bits per heavy atom. The van der Waals surface area contributed by atoms with Gasteiger partial charge in [-0.3, -0.25) is 4.90 Å². The second-order valence-electron chi connectivity index (χ2n) is 6.16. The Morgan fingerprint density at radius 2 is 2.24 bits per heavy atom. The van der Waals surface area contributed by atoms with Gasteiger partial charge in [0.05, 0.1) is 17.5 Å². The molecule has 0 aromatic carbocycles. The highest BCUT2D eigenvalue weighted by Crippen LogP contribution is 2.34. The lowest BCUT2D eigenvalue weighted by atomic mass is 10.1. The first-order chi connectivity index (χ1) is 10.1. The molecule has 2 aliphatic heterocycles. The third kappa shape index (κ3) is 3.49. The van der Waals surface area contributed by atoms with Gasteiger partial charge in [-0.1, -0.05) is 0 Å². The standard InChI is InChI=1S/C15H23NO4S/c1-19-10-13-4-5-15(20-13)14-3-2-7-16(14)9-12-6-8-21(17,18)11-12/h4-5,12,14H,2-3,6-11H2,1H3/t12-,14+/m0/s1. The Hall–Kier alpha value is -0.850. The van der Waals surface area contributed by atoms with Gasteiger partial charge in [-0.15, -0.1) is 0 Å². The van der Waals surface area contributed by atoms with Crippen LogP contribution in [0.2, 0.25) is 0 Å². The predicted molar refractivity (Wildman–Crippen MR) is 79.7 cm³/mol. The summed E-state index contributed by atoms with van der Waals surface area (Å²) in [6.07, 6.45) is 3.03. The predicted octanol–water partition coefficient (Wildman–Crippen LogP) is 2.00. The minimum absolute atomic E-state index is 0.281. The second-order valence-corrected chi connectivity index (χ2v) is 8.39. The van der Waals surface area contributed by atoms with Crippen LogP contribution in [-0.4, -0.2) is 45.0 Å². The molecule has 118 valence electrons. The molecule has 21 heavy (non-hydrogen) atoms. The molecule has 0 radical (unpaired) electrons. The fourth-order valence-electron chi connectivity index (χ4n) is 3.51. The summed E-state index contributed by atoms with van der Waals surface area (Å²) in [5.74, 6) is 2.82. The maximum absolute atomic E-state index is 11.6. The molecule has 0 amide bonds. The maximum Gasteiger partial charge on any atom is 0.150 e. The topological polar surface area (TPSA) is 59.8 Å². The number of hydrogen-bond acceptors (Lipinski definition) is 5. The minimum Gasteiger partial charge on any atom is -0.462 e. The van der Waals surface area contributed by atoms with Crippen LogP contribution in [0, 0.1) is 5.92 Å². The van der Waals surface area contributed by atoms with Crippen LogP contribution >= 0.6 is 0 Å². The van der Waals surface area contributed by atoms with Crippen molar-refractivity contribution in [2.75, 3.05) is 31.7 Å². The molecule has 2 saturated heterocycles. The van der Waals surface area contributed by atoms with Crippen LogP contribution in [-0.2, 0) is 21.2 Å². The third-order valence-electron chi connectivity index (χ3n) is 4.48. The summed E-state index contributed by atoms with van der Waals surface area (Å²) in [6, 6.07) is 4.29. The van der Waals surface area contributed by atoms with Crippen LogP contribution in [0.3, 0.4) is 0 Å². The molecule has 0 spiro atoms. The van der Waals surface area contributed by atoms with E-state index in [0.29, 0.717) is 24.2 Å². The number of furan rings is 1. The van der Waals surface area contributed by atoms with Crippen molar-refractivity contribution in [1.82, 2.24) is 4.90 Å². The second kappa shape index (κ2) is 6.10. The van der Waals surface area contributed by atoms with Crippen LogP contribution in [0.1, 0.15) is 36.8 Å². The first kappa shape index (κ1) is 15.1. The molecule has 3 heterocycles. The van der Waals surface area contributed by atoms with E-state index in [2.05, 4.69) is 4.90 Å². The number of ether oxygens (including phenoxy) is 1. The Labute approximate surface area is 126 Å². The zero-order valence-electron chi connectivity index (χ0n) is 12.5. The quantitative estimate of drug-likeness (QED) is 0.832. The van der Waals surface area contributed by atoms with E-state index < -0.39 is 9.84 Å². The number of sulfone groups is 1. The van der Waals surface area contributed by atoms with Crippen molar-refractivity contribution in [1.29, 1.82) is 0 Å². The van der Waals surface area contributed by atoms with Gasteiger partial charge in [0.15, 0.2) is 9.84 Å². The average molecular weight is 313 g/mol. The number of methoxy groups -OCH3 is 1. The van der Waals surface area contributed by atoms with Gasteiger partial charge in [-0.05, 0) is 43.9 Å². The highest BCUT2D eigenvalue weighted by Gasteiger charge is 2.34. The van der Waals surface area contributed by atoms with Gasteiger partial charge < -0.3 is 9.15 Å². The fourth-order valence-corrected chi connectivity index (χ4v) is 5.36. The molecular weight excluding hydrogens is 290 g/mol. The summed E-state index contributed by atoms with van der Waals surface area (Å²) in [7, 11) is -1.13. The smallest absolute Gasteiger partial charge is 0.150 e. The SMILES string of the molecule is COCc1ccc([C@H]2CCCN2C[C@@H]2CCS(=O)(=O)C2)o1. The van der Waals surface area contributed by atoms with Crippen molar-refractivity contribution in [3.8, 4) is 0 Å². The van der Waals surface area contributed by atoms with E-state index in [1.807, 2.05) is 12.1 Å². The molecule has 2 aliphatic rings. The van der Waals surface area contributed by atoms with E-state index in [0.717, 1.165) is 43.9 Å². The monoisotopic (exact) mass is 313 g/mol. The van der Waals surface area contributed by atoms with Crippen LogP contribution < -0.4 is 0 Å². The number of nitrogens with zero attached hydrogens (tertiary/aromatic N) is 1. The molecular formula is C15H23NO4S. The zero-order valence-corrected chi connectivity index (χ0v) is 13.3. The molecule has 1 aromatic rings. The number of rotatable bonds is 5.